The predicted molar refractivity (Wildman–Crippen MR) is 107 cm³/mol. The minimum Gasteiger partial charge on any atom is -0.383 e. The second-order valence-electron chi connectivity index (χ2n) is 6.51. The predicted octanol–water partition coefficient (Wildman–Crippen LogP) is 4.84. The van der Waals surface area contributed by atoms with Crippen molar-refractivity contribution in [2.24, 2.45) is 0 Å². The number of benzene rings is 1. The summed E-state index contributed by atoms with van der Waals surface area (Å²) in [7, 11) is 1.70. The SMILES string of the molecule is COC[C@H](C)n1c(C)cc(C(=O)CSc2ccc3ccccc3n2)c1C. The summed E-state index contributed by atoms with van der Waals surface area (Å²) in [5.74, 6) is 0.516. The van der Waals surface area contributed by atoms with Gasteiger partial charge in [-0.3, -0.25) is 4.79 Å². The molecule has 4 nitrogen and oxygen atoms in total. The molecule has 5 heteroatoms. The molecule has 0 saturated carbocycles. The Kier molecular flexibility index (Phi) is 5.79. The van der Waals surface area contributed by atoms with Crippen LogP contribution in [0.2, 0.25) is 0 Å². The zero-order chi connectivity index (χ0) is 18.7. The van der Waals surface area contributed by atoms with Crippen LogP contribution in [0.4, 0.5) is 0 Å². The molecule has 0 aliphatic rings. The third kappa shape index (κ3) is 3.84. The number of para-hydroxylation sites is 1. The molecule has 0 N–H and O–H groups in total. The van der Waals surface area contributed by atoms with Crippen LogP contribution in [0.15, 0.2) is 47.5 Å². The number of fused-ring (bicyclic) bond motifs is 1. The smallest absolute Gasteiger partial charge is 0.174 e. The first-order valence-electron chi connectivity index (χ1n) is 8.70. The third-order valence-corrected chi connectivity index (χ3v) is 5.49. The Morgan fingerprint density at radius 3 is 2.77 bits per heavy atom. The number of methoxy groups -OCH3 is 1. The van der Waals surface area contributed by atoms with Crippen LogP contribution in [-0.4, -0.2) is 34.8 Å². The number of carbonyl (C=O) groups is 1. The summed E-state index contributed by atoms with van der Waals surface area (Å²) >= 11 is 1.49. The lowest BCUT2D eigenvalue weighted by molar-refractivity contribution is 0.102. The van der Waals surface area contributed by atoms with Gasteiger partial charge in [-0.25, -0.2) is 4.98 Å². The summed E-state index contributed by atoms with van der Waals surface area (Å²) in [6, 6.07) is 14.2. The van der Waals surface area contributed by atoms with Crippen molar-refractivity contribution in [1.82, 2.24) is 9.55 Å². The molecule has 0 radical (unpaired) electrons. The molecule has 1 aromatic carbocycles. The summed E-state index contributed by atoms with van der Waals surface area (Å²) in [6.45, 7) is 6.77. The molecule has 3 rings (SSSR count). The van der Waals surface area contributed by atoms with E-state index in [1.165, 1.54) is 11.8 Å². The van der Waals surface area contributed by atoms with Gasteiger partial charge in [-0.2, -0.15) is 0 Å². The average molecular weight is 369 g/mol. The molecule has 0 fully saturated rings. The average Bonchev–Trinajstić information content (AvgIpc) is 2.94. The van der Waals surface area contributed by atoms with E-state index in [9.17, 15) is 4.79 Å². The van der Waals surface area contributed by atoms with E-state index in [4.69, 9.17) is 4.74 Å². The van der Waals surface area contributed by atoms with E-state index >= 15 is 0 Å². The lowest BCUT2D eigenvalue weighted by atomic mass is 10.2. The number of pyridine rings is 1. The van der Waals surface area contributed by atoms with Crippen molar-refractivity contribution in [2.45, 2.75) is 31.8 Å². The molecule has 0 aliphatic carbocycles. The van der Waals surface area contributed by atoms with Gasteiger partial charge in [-0.05, 0) is 39.0 Å². The third-order valence-electron chi connectivity index (χ3n) is 4.56. The van der Waals surface area contributed by atoms with Crippen LogP contribution in [0.3, 0.4) is 0 Å². The van der Waals surface area contributed by atoms with Gasteiger partial charge in [0.2, 0.25) is 0 Å². The van der Waals surface area contributed by atoms with E-state index in [-0.39, 0.29) is 11.8 Å². The van der Waals surface area contributed by atoms with E-state index in [2.05, 4.69) is 16.5 Å². The van der Waals surface area contributed by atoms with E-state index < -0.39 is 0 Å². The number of Topliss-reactive ketones (excluding diaryl/α,β-unsaturated/α-hetero) is 1. The zero-order valence-corrected chi connectivity index (χ0v) is 16.5. The number of hydrogen-bond acceptors (Lipinski definition) is 4. The van der Waals surface area contributed by atoms with Crippen molar-refractivity contribution in [1.29, 1.82) is 0 Å². The number of ketones is 1. The number of aromatic nitrogens is 2. The van der Waals surface area contributed by atoms with Crippen LogP contribution < -0.4 is 0 Å². The fourth-order valence-electron chi connectivity index (χ4n) is 3.40. The molecular weight excluding hydrogens is 344 g/mol. The molecule has 2 aromatic heterocycles. The highest BCUT2D eigenvalue weighted by Gasteiger charge is 2.19. The maximum Gasteiger partial charge on any atom is 0.174 e. The summed E-state index contributed by atoms with van der Waals surface area (Å²) in [6.07, 6.45) is 0. The van der Waals surface area contributed by atoms with Gasteiger partial charge in [-0.1, -0.05) is 36.0 Å². The molecule has 0 spiro atoms. The molecule has 26 heavy (non-hydrogen) atoms. The number of thioether (sulfide) groups is 1. The van der Waals surface area contributed by atoms with E-state index in [0.717, 1.165) is 32.9 Å². The van der Waals surface area contributed by atoms with Crippen molar-refractivity contribution in [3.63, 3.8) is 0 Å². The first kappa shape index (κ1) is 18.7. The molecular formula is C21H24N2O2S. The molecule has 0 saturated heterocycles. The highest BCUT2D eigenvalue weighted by Crippen LogP contribution is 2.25. The monoisotopic (exact) mass is 368 g/mol. The molecule has 2 heterocycles. The zero-order valence-electron chi connectivity index (χ0n) is 15.7. The van der Waals surface area contributed by atoms with Crippen LogP contribution in [-0.2, 0) is 4.74 Å². The van der Waals surface area contributed by atoms with Gasteiger partial charge in [0.25, 0.3) is 0 Å². The van der Waals surface area contributed by atoms with Crippen LogP contribution in [0.5, 0.6) is 0 Å². The topological polar surface area (TPSA) is 44.1 Å². The van der Waals surface area contributed by atoms with Crippen molar-refractivity contribution in [3.05, 3.63) is 59.4 Å². The summed E-state index contributed by atoms with van der Waals surface area (Å²) in [5.41, 5.74) is 3.84. The number of aryl methyl sites for hydroxylation is 1. The summed E-state index contributed by atoms with van der Waals surface area (Å²) in [5, 5.41) is 1.98. The van der Waals surface area contributed by atoms with Gasteiger partial charge in [0, 0.05) is 29.4 Å². The van der Waals surface area contributed by atoms with Gasteiger partial charge in [-0.15, -0.1) is 0 Å². The molecule has 1 atom stereocenters. The van der Waals surface area contributed by atoms with Crippen LogP contribution in [0.1, 0.15) is 34.7 Å². The normalized spacial score (nSPS) is 12.5. The fourth-order valence-corrected chi connectivity index (χ4v) is 4.16. The summed E-state index contributed by atoms with van der Waals surface area (Å²) < 4.78 is 7.44. The maximum absolute atomic E-state index is 12.8. The van der Waals surface area contributed by atoms with E-state index in [1.807, 2.05) is 56.3 Å². The number of nitrogens with zero attached hydrogens (tertiary/aromatic N) is 2. The largest absolute Gasteiger partial charge is 0.383 e. The maximum atomic E-state index is 12.8. The molecule has 136 valence electrons. The second kappa shape index (κ2) is 8.06. The Bertz CT molecular complexity index is 933. The Labute approximate surface area is 158 Å². The van der Waals surface area contributed by atoms with Crippen LogP contribution in [0.25, 0.3) is 10.9 Å². The highest BCUT2D eigenvalue weighted by molar-refractivity contribution is 7.99. The van der Waals surface area contributed by atoms with Gasteiger partial charge >= 0.3 is 0 Å². The second-order valence-corrected chi connectivity index (χ2v) is 7.51. The van der Waals surface area contributed by atoms with Crippen molar-refractivity contribution < 1.29 is 9.53 Å². The van der Waals surface area contributed by atoms with Crippen molar-refractivity contribution in [2.75, 3.05) is 19.5 Å². The first-order valence-corrected chi connectivity index (χ1v) is 9.69. The molecule has 0 unspecified atom stereocenters. The number of rotatable bonds is 7. The quantitative estimate of drug-likeness (QED) is 0.442. The molecule has 0 amide bonds. The van der Waals surface area contributed by atoms with Crippen molar-refractivity contribution in [3.8, 4) is 0 Å². The standard InChI is InChI=1S/C21H24N2O2S/c1-14-11-18(16(3)23(14)15(2)12-25-4)20(24)13-26-21-10-9-17-7-5-6-8-19(17)22-21/h5-11,15H,12-13H2,1-4H3/t15-/m0/s1. The summed E-state index contributed by atoms with van der Waals surface area (Å²) in [4.78, 5) is 17.4. The highest BCUT2D eigenvalue weighted by atomic mass is 32.2. The van der Waals surface area contributed by atoms with Gasteiger partial charge in [0.05, 0.1) is 28.9 Å². The van der Waals surface area contributed by atoms with Crippen LogP contribution >= 0.6 is 11.8 Å². The Morgan fingerprint density at radius 2 is 2.00 bits per heavy atom. The molecule has 3 aromatic rings. The number of hydrogen-bond donors (Lipinski definition) is 0. The Morgan fingerprint density at radius 1 is 1.23 bits per heavy atom. The van der Waals surface area contributed by atoms with Gasteiger partial charge in [0.15, 0.2) is 5.78 Å². The Hall–Kier alpha value is -2.11. The van der Waals surface area contributed by atoms with E-state index in [1.54, 1.807) is 7.11 Å². The Balaban J connectivity index is 1.74. The minimum atomic E-state index is 0.133. The molecule has 0 bridgehead atoms. The lowest BCUT2D eigenvalue weighted by Gasteiger charge is -2.17. The lowest BCUT2D eigenvalue weighted by Crippen LogP contribution is -2.14. The number of carbonyl (C=O) groups excluding carboxylic acids is 1. The van der Waals surface area contributed by atoms with Crippen LogP contribution in [0, 0.1) is 13.8 Å². The van der Waals surface area contributed by atoms with Gasteiger partial charge in [0.1, 0.15) is 0 Å². The van der Waals surface area contributed by atoms with Gasteiger partial charge < -0.3 is 9.30 Å². The molecule has 0 aliphatic heterocycles. The number of ether oxygens (including phenoxy) is 1. The fraction of sp³-hybridized carbons (Fsp3) is 0.333. The first-order chi connectivity index (χ1) is 12.5. The van der Waals surface area contributed by atoms with E-state index in [0.29, 0.717) is 12.4 Å². The van der Waals surface area contributed by atoms with Crippen molar-refractivity contribution >= 4 is 28.4 Å². The minimum absolute atomic E-state index is 0.133.